The zero-order valence-electron chi connectivity index (χ0n) is 9.61. The molecule has 0 fully saturated rings. The molecule has 18 heavy (non-hydrogen) atoms. The lowest BCUT2D eigenvalue weighted by Crippen LogP contribution is -2.27. The summed E-state index contributed by atoms with van der Waals surface area (Å²) in [5.74, 6) is -0.299. The highest BCUT2D eigenvalue weighted by atomic mass is 16.5. The van der Waals surface area contributed by atoms with Crippen molar-refractivity contribution < 1.29 is 14.6 Å². The number of carbonyl (C=O) groups excluding carboxylic acids is 1. The van der Waals surface area contributed by atoms with Crippen molar-refractivity contribution in [1.82, 2.24) is 9.55 Å². The Labute approximate surface area is 104 Å². The molecule has 0 amide bonds. The number of nitrogens with zero attached hydrogens (tertiary/aromatic N) is 2. The van der Waals surface area contributed by atoms with E-state index in [4.69, 9.17) is 4.74 Å². The number of carbonyl (C=O) groups is 1. The maximum Gasteiger partial charge on any atom is 0.338 e. The number of hydrogen-bond donors (Lipinski definition) is 1. The van der Waals surface area contributed by atoms with Crippen LogP contribution in [0.4, 0.5) is 0 Å². The average molecular weight is 244 g/mol. The molecule has 0 spiro atoms. The van der Waals surface area contributed by atoms with Gasteiger partial charge in [-0.25, -0.2) is 9.78 Å². The number of cyclic esters (lactones) is 1. The molecular formula is C13H12N2O3. The van der Waals surface area contributed by atoms with Crippen LogP contribution in [0.3, 0.4) is 0 Å². The predicted octanol–water partition coefficient (Wildman–Crippen LogP) is 1.14. The van der Waals surface area contributed by atoms with Crippen LogP contribution in [0.5, 0.6) is 0 Å². The van der Waals surface area contributed by atoms with Crippen molar-refractivity contribution in [2.45, 2.75) is 12.6 Å². The van der Waals surface area contributed by atoms with Crippen molar-refractivity contribution in [2.75, 3.05) is 6.61 Å². The summed E-state index contributed by atoms with van der Waals surface area (Å²) in [6.45, 7) is 0.172. The summed E-state index contributed by atoms with van der Waals surface area (Å²) in [4.78, 5) is 15.7. The van der Waals surface area contributed by atoms with Gasteiger partial charge in [0.25, 0.3) is 0 Å². The van der Waals surface area contributed by atoms with E-state index in [1.807, 2.05) is 22.8 Å². The summed E-state index contributed by atoms with van der Waals surface area (Å²) in [6.07, 6.45) is 3.26. The summed E-state index contributed by atoms with van der Waals surface area (Å²) in [5, 5.41) is 9.27. The molecule has 0 unspecified atom stereocenters. The normalized spacial score (nSPS) is 18.3. The number of imidazole rings is 1. The molecule has 1 N–H and O–H groups in total. The first-order valence-corrected chi connectivity index (χ1v) is 5.69. The Morgan fingerprint density at radius 3 is 3.11 bits per heavy atom. The van der Waals surface area contributed by atoms with Crippen LogP contribution in [-0.2, 0) is 11.3 Å². The molecule has 5 heteroatoms. The highest BCUT2D eigenvalue weighted by Crippen LogP contribution is 2.28. The van der Waals surface area contributed by atoms with Crippen LogP contribution in [0, 0.1) is 0 Å². The number of aliphatic hydroxyl groups is 1. The number of rotatable bonds is 2. The van der Waals surface area contributed by atoms with Crippen LogP contribution in [0.2, 0.25) is 0 Å². The first kappa shape index (κ1) is 11.0. The maximum atomic E-state index is 11.7. The second-order valence-electron chi connectivity index (χ2n) is 4.15. The topological polar surface area (TPSA) is 64.4 Å². The number of ether oxygens (including phenoxy) is 1. The molecule has 0 saturated carbocycles. The van der Waals surface area contributed by atoms with Crippen molar-refractivity contribution >= 4 is 5.97 Å². The number of benzene rings is 1. The zero-order chi connectivity index (χ0) is 12.5. The van der Waals surface area contributed by atoms with E-state index in [1.165, 1.54) is 0 Å². The third-order valence-corrected chi connectivity index (χ3v) is 3.16. The lowest BCUT2D eigenvalue weighted by atomic mass is 9.98. The van der Waals surface area contributed by atoms with Gasteiger partial charge in [0, 0.05) is 0 Å². The van der Waals surface area contributed by atoms with Gasteiger partial charge in [-0.3, -0.25) is 0 Å². The summed E-state index contributed by atoms with van der Waals surface area (Å²) in [7, 11) is 0. The highest BCUT2D eigenvalue weighted by Gasteiger charge is 2.28. The third kappa shape index (κ3) is 1.60. The Bertz CT molecular complexity index is 591. The van der Waals surface area contributed by atoms with Gasteiger partial charge in [-0.2, -0.15) is 0 Å². The van der Waals surface area contributed by atoms with Crippen LogP contribution in [0.15, 0.2) is 36.8 Å². The van der Waals surface area contributed by atoms with Gasteiger partial charge in [0.2, 0.25) is 0 Å². The fourth-order valence-electron chi connectivity index (χ4n) is 2.26. The van der Waals surface area contributed by atoms with E-state index < -0.39 is 0 Å². The predicted molar refractivity (Wildman–Crippen MR) is 63.0 cm³/mol. The summed E-state index contributed by atoms with van der Waals surface area (Å²) >= 11 is 0. The van der Waals surface area contributed by atoms with Gasteiger partial charge >= 0.3 is 5.97 Å². The molecule has 92 valence electrons. The van der Waals surface area contributed by atoms with Crippen LogP contribution in [-0.4, -0.2) is 27.2 Å². The van der Waals surface area contributed by atoms with Crippen molar-refractivity contribution in [3.05, 3.63) is 53.6 Å². The minimum Gasteiger partial charge on any atom is -0.460 e. The summed E-state index contributed by atoms with van der Waals surface area (Å²) < 4.78 is 7.01. The van der Waals surface area contributed by atoms with Gasteiger partial charge in [-0.15, -0.1) is 0 Å². The molecule has 1 aromatic heterocycles. The van der Waals surface area contributed by atoms with Crippen molar-refractivity contribution in [3.63, 3.8) is 0 Å². The van der Waals surface area contributed by atoms with E-state index in [1.54, 1.807) is 18.6 Å². The lowest BCUT2D eigenvalue weighted by molar-refractivity contribution is 0.0421. The minimum atomic E-state index is -0.299. The van der Waals surface area contributed by atoms with Crippen LogP contribution in [0.25, 0.3) is 0 Å². The first-order chi connectivity index (χ1) is 8.81. The van der Waals surface area contributed by atoms with Gasteiger partial charge in [0.05, 0.1) is 36.4 Å². The van der Waals surface area contributed by atoms with Gasteiger partial charge in [0.1, 0.15) is 6.61 Å². The molecular weight excluding hydrogens is 232 g/mol. The number of aromatic nitrogens is 2. The largest absolute Gasteiger partial charge is 0.460 e. The molecule has 1 atom stereocenters. The second kappa shape index (κ2) is 4.27. The molecule has 0 bridgehead atoms. The Hall–Kier alpha value is -2.14. The fourth-order valence-corrected chi connectivity index (χ4v) is 2.26. The van der Waals surface area contributed by atoms with Crippen LogP contribution >= 0.6 is 0 Å². The van der Waals surface area contributed by atoms with Crippen molar-refractivity contribution in [3.8, 4) is 0 Å². The van der Waals surface area contributed by atoms with E-state index in [2.05, 4.69) is 4.98 Å². The Morgan fingerprint density at radius 1 is 1.44 bits per heavy atom. The number of aliphatic hydroxyl groups excluding tert-OH is 1. The van der Waals surface area contributed by atoms with Crippen LogP contribution in [0.1, 0.15) is 27.7 Å². The number of fused-ring (bicyclic) bond motifs is 1. The molecule has 0 saturated heterocycles. The number of hydrogen-bond acceptors (Lipinski definition) is 4. The van der Waals surface area contributed by atoms with E-state index in [-0.39, 0.29) is 25.2 Å². The van der Waals surface area contributed by atoms with Gasteiger partial charge in [-0.1, -0.05) is 18.2 Å². The van der Waals surface area contributed by atoms with Gasteiger partial charge in [0.15, 0.2) is 0 Å². The van der Waals surface area contributed by atoms with Gasteiger partial charge < -0.3 is 14.4 Å². The molecule has 2 aromatic rings. The summed E-state index contributed by atoms with van der Waals surface area (Å²) in [5.41, 5.74) is 2.18. The molecule has 5 nitrogen and oxygen atoms in total. The zero-order valence-corrected chi connectivity index (χ0v) is 9.61. The SMILES string of the molecule is O=C1OC[C@@H](n2cncc2CO)c2ccccc21. The maximum absolute atomic E-state index is 11.7. The molecule has 1 aliphatic rings. The number of esters is 1. The second-order valence-corrected chi connectivity index (χ2v) is 4.15. The first-order valence-electron chi connectivity index (χ1n) is 5.69. The van der Waals surface area contributed by atoms with E-state index in [9.17, 15) is 9.90 Å². The smallest absolute Gasteiger partial charge is 0.338 e. The minimum absolute atomic E-state index is 0.0907. The van der Waals surface area contributed by atoms with E-state index >= 15 is 0 Å². The average Bonchev–Trinajstić information content (AvgIpc) is 2.88. The van der Waals surface area contributed by atoms with E-state index in [0.29, 0.717) is 11.3 Å². The van der Waals surface area contributed by atoms with E-state index in [0.717, 1.165) is 5.56 Å². The molecule has 2 heterocycles. The fraction of sp³-hybridized carbons (Fsp3) is 0.231. The third-order valence-electron chi connectivity index (χ3n) is 3.16. The Morgan fingerprint density at radius 2 is 2.28 bits per heavy atom. The van der Waals surface area contributed by atoms with Crippen molar-refractivity contribution in [1.29, 1.82) is 0 Å². The monoisotopic (exact) mass is 244 g/mol. The molecule has 3 rings (SSSR count). The quantitative estimate of drug-likeness (QED) is 0.804. The highest BCUT2D eigenvalue weighted by molar-refractivity contribution is 5.92. The van der Waals surface area contributed by atoms with Crippen molar-refractivity contribution in [2.24, 2.45) is 0 Å². The summed E-state index contributed by atoms with van der Waals surface area (Å²) in [6, 6.07) is 7.23. The molecule has 0 aliphatic carbocycles. The Balaban J connectivity index is 2.10. The molecule has 1 aliphatic heterocycles. The lowest BCUT2D eigenvalue weighted by Gasteiger charge is -2.26. The Kier molecular flexibility index (Phi) is 2.60. The van der Waals surface area contributed by atoms with Crippen LogP contribution < -0.4 is 0 Å². The standard InChI is InChI=1S/C13H12N2O3/c16-6-9-5-14-8-15(9)12-7-18-13(17)11-4-2-1-3-10(11)12/h1-5,8,12,16H,6-7H2/t12-/m1/s1. The van der Waals surface area contributed by atoms with Gasteiger partial charge in [-0.05, 0) is 11.6 Å². The molecule has 0 radical (unpaired) electrons. The molecule has 1 aromatic carbocycles.